The maximum absolute atomic E-state index is 6.54. The van der Waals surface area contributed by atoms with E-state index in [1.165, 1.54) is 5.56 Å². The van der Waals surface area contributed by atoms with Gasteiger partial charge in [-0.2, -0.15) is 0 Å². The monoisotopic (exact) mass is 476 g/mol. The first kappa shape index (κ1) is 22.4. The third-order valence-electron chi connectivity index (χ3n) is 7.27. The van der Waals surface area contributed by atoms with E-state index in [-0.39, 0.29) is 6.10 Å². The first-order valence-corrected chi connectivity index (χ1v) is 12.7. The van der Waals surface area contributed by atoms with Crippen LogP contribution in [0.2, 0.25) is 0 Å². The summed E-state index contributed by atoms with van der Waals surface area (Å²) in [6.07, 6.45) is 12.5. The Kier molecular flexibility index (Phi) is 6.60. The van der Waals surface area contributed by atoms with Crippen molar-refractivity contribution in [3.05, 3.63) is 42.5 Å². The van der Waals surface area contributed by atoms with Crippen molar-refractivity contribution in [1.82, 2.24) is 19.9 Å². The van der Waals surface area contributed by atoms with Gasteiger partial charge in [0.15, 0.2) is 0 Å². The van der Waals surface area contributed by atoms with Gasteiger partial charge in [0.2, 0.25) is 5.95 Å². The lowest BCUT2D eigenvalue weighted by Crippen LogP contribution is -2.36. The number of hydrogen-bond acceptors (Lipinski definition) is 9. The topological polar surface area (TPSA) is 94.5 Å². The summed E-state index contributed by atoms with van der Waals surface area (Å²) in [4.78, 5) is 20.6. The van der Waals surface area contributed by atoms with Gasteiger partial charge in [-0.3, -0.25) is 4.98 Å². The van der Waals surface area contributed by atoms with Gasteiger partial charge in [0.05, 0.1) is 31.4 Å². The van der Waals surface area contributed by atoms with E-state index in [9.17, 15) is 0 Å². The van der Waals surface area contributed by atoms with Crippen LogP contribution in [0.3, 0.4) is 0 Å². The molecule has 2 saturated heterocycles. The van der Waals surface area contributed by atoms with Gasteiger partial charge < -0.3 is 24.4 Å². The second-order valence-electron chi connectivity index (χ2n) is 9.60. The van der Waals surface area contributed by atoms with E-state index >= 15 is 0 Å². The molecule has 6 rings (SSSR count). The van der Waals surface area contributed by atoms with Crippen molar-refractivity contribution >= 4 is 22.7 Å². The molecule has 35 heavy (non-hydrogen) atoms. The van der Waals surface area contributed by atoms with Gasteiger partial charge in [-0.1, -0.05) is 0 Å². The highest BCUT2D eigenvalue weighted by molar-refractivity contribution is 5.85. The quantitative estimate of drug-likeness (QED) is 0.573. The Morgan fingerprint density at radius 3 is 2.43 bits per heavy atom. The summed E-state index contributed by atoms with van der Waals surface area (Å²) in [5.41, 5.74) is 3.98. The molecule has 3 aliphatic rings. The van der Waals surface area contributed by atoms with Crippen LogP contribution in [0.1, 0.15) is 43.6 Å². The number of hydrogen-bond donors (Lipinski definition) is 1. The number of morpholine rings is 1. The molecule has 1 atom stereocenters. The fraction of sp³-hybridized carbons (Fsp3) is 0.538. The molecular formula is C26H32N6O3. The van der Waals surface area contributed by atoms with E-state index in [2.05, 4.69) is 42.3 Å². The summed E-state index contributed by atoms with van der Waals surface area (Å²) in [5, 5.41) is 3.51. The second kappa shape index (κ2) is 10.3. The predicted molar refractivity (Wildman–Crippen MR) is 133 cm³/mol. The van der Waals surface area contributed by atoms with Crippen molar-refractivity contribution in [2.45, 2.75) is 50.2 Å². The number of aromatic nitrogens is 4. The molecule has 0 spiro atoms. The maximum atomic E-state index is 6.54. The molecule has 1 aliphatic carbocycles. The number of ether oxygens (including phenoxy) is 3. The zero-order valence-electron chi connectivity index (χ0n) is 19.9. The summed E-state index contributed by atoms with van der Waals surface area (Å²) in [7, 11) is 0. The van der Waals surface area contributed by atoms with Crippen LogP contribution < -0.4 is 15.0 Å². The van der Waals surface area contributed by atoms with Crippen molar-refractivity contribution in [2.75, 3.05) is 49.7 Å². The average Bonchev–Trinajstić information content (AvgIpc) is 3.46. The van der Waals surface area contributed by atoms with E-state index < -0.39 is 0 Å². The minimum Gasteiger partial charge on any atom is -0.488 e. The molecule has 2 aromatic heterocycles. The molecule has 1 N–H and O–H groups in total. The molecule has 1 aromatic carbocycles. The molecule has 3 aromatic rings. The highest BCUT2D eigenvalue weighted by atomic mass is 16.5. The lowest BCUT2D eigenvalue weighted by Gasteiger charge is -2.31. The summed E-state index contributed by atoms with van der Waals surface area (Å²) in [6.45, 7) is 4.84. The van der Waals surface area contributed by atoms with Crippen LogP contribution in [-0.2, 0) is 9.47 Å². The molecule has 2 aliphatic heterocycles. The molecule has 3 fully saturated rings. The largest absolute Gasteiger partial charge is 0.488 e. The Balaban J connectivity index is 1.08. The zero-order chi connectivity index (χ0) is 23.5. The Morgan fingerprint density at radius 1 is 0.857 bits per heavy atom. The van der Waals surface area contributed by atoms with Crippen molar-refractivity contribution < 1.29 is 14.2 Å². The second-order valence-corrected chi connectivity index (χ2v) is 9.60. The smallest absolute Gasteiger partial charge is 0.222 e. The van der Waals surface area contributed by atoms with Crippen LogP contribution in [0.25, 0.3) is 11.0 Å². The molecule has 9 heteroatoms. The third kappa shape index (κ3) is 5.16. The van der Waals surface area contributed by atoms with Crippen LogP contribution in [-0.4, -0.2) is 71.6 Å². The van der Waals surface area contributed by atoms with Crippen LogP contribution in [0.15, 0.2) is 36.9 Å². The van der Waals surface area contributed by atoms with Gasteiger partial charge in [-0.05, 0) is 43.7 Å². The van der Waals surface area contributed by atoms with E-state index in [1.807, 2.05) is 12.4 Å². The Bertz CT molecular complexity index is 1120. The number of anilines is 2. The Hall–Kier alpha value is -3.04. The van der Waals surface area contributed by atoms with Crippen LogP contribution in [0, 0.1) is 0 Å². The number of benzene rings is 1. The van der Waals surface area contributed by atoms with Crippen LogP contribution in [0.4, 0.5) is 11.6 Å². The summed E-state index contributed by atoms with van der Waals surface area (Å²) in [5.74, 6) is 1.96. The summed E-state index contributed by atoms with van der Waals surface area (Å²) < 4.78 is 17.5. The average molecular weight is 477 g/mol. The van der Waals surface area contributed by atoms with Gasteiger partial charge in [-0.15, -0.1) is 0 Å². The summed E-state index contributed by atoms with van der Waals surface area (Å²) in [6, 6.07) is 4.58. The van der Waals surface area contributed by atoms with Gasteiger partial charge in [0, 0.05) is 68.2 Å². The number of fused-ring (bicyclic) bond motifs is 1. The maximum Gasteiger partial charge on any atom is 0.222 e. The fourth-order valence-electron chi connectivity index (χ4n) is 5.23. The van der Waals surface area contributed by atoms with Gasteiger partial charge in [0.25, 0.3) is 0 Å². The first-order valence-electron chi connectivity index (χ1n) is 12.7. The first-order chi connectivity index (χ1) is 17.3. The van der Waals surface area contributed by atoms with Gasteiger partial charge >= 0.3 is 0 Å². The van der Waals surface area contributed by atoms with E-state index in [0.29, 0.717) is 17.9 Å². The molecule has 0 bridgehead atoms. The van der Waals surface area contributed by atoms with Crippen LogP contribution in [0.5, 0.6) is 5.75 Å². The summed E-state index contributed by atoms with van der Waals surface area (Å²) >= 11 is 0. The number of nitrogens with one attached hydrogen (secondary N) is 1. The van der Waals surface area contributed by atoms with Crippen molar-refractivity contribution in [2.24, 2.45) is 0 Å². The van der Waals surface area contributed by atoms with E-state index in [0.717, 1.165) is 94.1 Å². The highest BCUT2D eigenvalue weighted by Gasteiger charge is 2.25. The third-order valence-corrected chi connectivity index (χ3v) is 7.27. The minimum atomic E-state index is 0.156. The predicted octanol–water partition coefficient (Wildman–Crippen LogP) is 3.56. The minimum absolute atomic E-state index is 0.156. The molecule has 1 saturated carbocycles. The normalized spacial score (nSPS) is 25.0. The molecule has 1 unspecified atom stereocenters. The van der Waals surface area contributed by atoms with Gasteiger partial charge in [0.1, 0.15) is 11.3 Å². The van der Waals surface area contributed by atoms with Crippen molar-refractivity contribution in [3.8, 4) is 5.75 Å². The van der Waals surface area contributed by atoms with E-state index in [1.54, 1.807) is 12.4 Å². The standard InChI is InChI=1S/C26H32N6O3/c1-3-22(4-2-20(1)31-26-29-15-19(16-30-26)18-5-10-34-17-18)35-24-14-21(32-8-11-33-12-9-32)13-23-25(24)28-7-6-27-23/h6-7,13-16,18,20,22H,1-5,8-12,17H2,(H,29,30,31). The molecule has 184 valence electrons. The fourth-order valence-corrected chi connectivity index (χ4v) is 5.23. The molecule has 4 heterocycles. The lowest BCUT2D eigenvalue weighted by molar-refractivity contribution is 0.122. The molecular weight excluding hydrogens is 444 g/mol. The SMILES string of the molecule is c1cnc2c(OC3CCC(Nc4ncc(C5CCOC5)cn4)CC3)cc(N3CCOCC3)cc2n1. The molecule has 0 amide bonds. The van der Waals surface area contributed by atoms with E-state index in [4.69, 9.17) is 14.2 Å². The van der Waals surface area contributed by atoms with Gasteiger partial charge in [-0.25, -0.2) is 15.0 Å². The highest BCUT2D eigenvalue weighted by Crippen LogP contribution is 2.33. The molecule has 0 radical (unpaired) electrons. The Morgan fingerprint density at radius 2 is 1.66 bits per heavy atom. The number of nitrogens with zero attached hydrogens (tertiary/aromatic N) is 5. The lowest BCUT2D eigenvalue weighted by atomic mass is 9.93. The Labute approximate surface area is 205 Å². The zero-order valence-corrected chi connectivity index (χ0v) is 19.9. The van der Waals surface area contributed by atoms with Crippen molar-refractivity contribution in [1.29, 1.82) is 0 Å². The number of rotatable bonds is 6. The molecule has 9 nitrogen and oxygen atoms in total. The van der Waals surface area contributed by atoms with Crippen molar-refractivity contribution in [3.63, 3.8) is 0 Å². The van der Waals surface area contributed by atoms with Crippen LogP contribution >= 0.6 is 0 Å².